The van der Waals surface area contributed by atoms with Crippen molar-refractivity contribution in [3.05, 3.63) is 58.8 Å². The van der Waals surface area contributed by atoms with Crippen molar-refractivity contribution in [2.75, 3.05) is 11.9 Å². The molecule has 0 amide bonds. The van der Waals surface area contributed by atoms with Gasteiger partial charge in [0.2, 0.25) is 0 Å². The summed E-state index contributed by atoms with van der Waals surface area (Å²) in [6, 6.07) is 14.4. The highest BCUT2D eigenvalue weighted by Gasteiger charge is 2.02. The van der Waals surface area contributed by atoms with Gasteiger partial charge >= 0.3 is 0 Å². The molecule has 3 aromatic rings. The number of halogens is 1. The molecule has 3 rings (SSSR count). The van der Waals surface area contributed by atoms with E-state index in [0.29, 0.717) is 0 Å². The first-order valence-corrected chi connectivity index (χ1v) is 7.40. The van der Waals surface area contributed by atoms with Gasteiger partial charge in [0.25, 0.3) is 0 Å². The zero-order valence-corrected chi connectivity index (χ0v) is 12.5. The third-order valence-corrected chi connectivity index (χ3v) is 3.65. The molecule has 0 aliphatic rings. The van der Waals surface area contributed by atoms with E-state index in [1.54, 1.807) is 10.7 Å². The Morgan fingerprint density at radius 2 is 1.95 bits per heavy atom. The van der Waals surface area contributed by atoms with E-state index < -0.39 is 0 Å². The highest BCUT2D eigenvalue weighted by atomic mass is 79.9. The van der Waals surface area contributed by atoms with Crippen LogP contribution in [0.4, 0.5) is 5.82 Å². The zero-order chi connectivity index (χ0) is 13.8. The molecule has 5 heteroatoms. The van der Waals surface area contributed by atoms with Crippen LogP contribution in [0.3, 0.4) is 0 Å². The minimum Gasteiger partial charge on any atom is -0.369 e. The second kappa shape index (κ2) is 6.05. The molecule has 102 valence electrons. The van der Waals surface area contributed by atoms with Crippen LogP contribution >= 0.6 is 15.9 Å². The van der Waals surface area contributed by atoms with Gasteiger partial charge in [0.1, 0.15) is 10.4 Å². The van der Waals surface area contributed by atoms with Crippen molar-refractivity contribution in [2.45, 2.75) is 12.8 Å². The van der Waals surface area contributed by atoms with E-state index in [-0.39, 0.29) is 0 Å². The minimum atomic E-state index is 0.840. The Labute approximate surface area is 126 Å². The lowest BCUT2D eigenvalue weighted by molar-refractivity contribution is 0.843. The van der Waals surface area contributed by atoms with Crippen LogP contribution in [0.5, 0.6) is 0 Å². The van der Waals surface area contributed by atoms with E-state index in [4.69, 9.17) is 0 Å². The fourth-order valence-electron chi connectivity index (χ4n) is 2.09. The molecule has 0 aliphatic carbocycles. The Bertz CT molecular complexity index is 693. The highest BCUT2D eigenvalue weighted by molar-refractivity contribution is 9.10. The molecule has 0 saturated carbocycles. The van der Waals surface area contributed by atoms with Crippen LogP contribution in [-0.2, 0) is 6.42 Å². The molecule has 2 heterocycles. The predicted molar refractivity (Wildman–Crippen MR) is 83.9 cm³/mol. The van der Waals surface area contributed by atoms with Crippen molar-refractivity contribution < 1.29 is 0 Å². The Balaban J connectivity index is 1.56. The van der Waals surface area contributed by atoms with E-state index in [9.17, 15) is 0 Å². The molecule has 0 aliphatic heterocycles. The van der Waals surface area contributed by atoms with E-state index in [1.165, 1.54) is 5.56 Å². The van der Waals surface area contributed by atoms with Crippen LogP contribution in [0, 0.1) is 0 Å². The van der Waals surface area contributed by atoms with Crippen molar-refractivity contribution in [3.63, 3.8) is 0 Å². The van der Waals surface area contributed by atoms with E-state index in [2.05, 4.69) is 55.6 Å². The SMILES string of the molecule is Brc1cnc2ccc(NCCCc3ccccc3)nn12. The zero-order valence-electron chi connectivity index (χ0n) is 11.0. The molecule has 0 bridgehead atoms. The maximum atomic E-state index is 4.48. The first-order valence-electron chi connectivity index (χ1n) is 6.61. The monoisotopic (exact) mass is 330 g/mol. The standard InChI is InChI=1S/C15H15BrN4/c16-13-11-18-15-9-8-14(19-20(13)15)17-10-4-7-12-5-2-1-3-6-12/h1-3,5-6,8-9,11H,4,7,10H2,(H,17,19). The Hall–Kier alpha value is -1.88. The maximum Gasteiger partial charge on any atom is 0.154 e. The summed E-state index contributed by atoms with van der Waals surface area (Å²) >= 11 is 3.42. The number of aryl methyl sites for hydroxylation is 1. The van der Waals surface area contributed by atoms with Gasteiger partial charge in [0.05, 0.1) is 6.20 Å². The maximum absolute atomic E-state index is 4.48. The van der Waals surface area contributed by atoms with Crippen LogP contribution in [0.15, 0.2) is 53.3 Å². The van der Waals surface area contributed by atoms with Gasteiger partial charge in [-0.15, -0.1) is 5.10 Å². The first kappa shape index (κ1) is 13.1. The number of rotatable bonds is 5. The lowest BCUT2D eigenvalue weighted by Gasteiger charge is -2.06. The number of anilines is 1. The van der Waals surface area contributed by atoms with Crippen molar-refractivity contribution in [1.29, 1.82) is 0 Å². The summed E-state index contributed by atoms with van der Waals surface area (Å²) in [5, 5.41) is 7.82. The van der Waals surface area contributed by atoms with Gasteiger partial charge in [-0.3, -0.25) is 0 Å². The number of nitrogens with zero attached hydrogens (tertiary/aromatic N) is 3. The number of hydrogen-bond donors (Lipinski definition) is 1. The van der Waals surface area contributed by atoms with Crippen molar-refractivity contribution in [1.82, 2.24) is 14.6 Å². The molecule has 4 nitrogen and oxygen atoms in total. The average molecular weight is 331 g/mol. The molecular formula is C15H15BrN4. The normalized spacial score (nSPS) is 10.8. The van der Waals surface area contributed by atoms with Crippen LogP contribution in [-0.4, -0.2) is 21.1 Å². The molecule has 0 atom stereocenters. The van der Waals surface area contributed by atoms with Gasteiger partial charge in [-0.05, 0) is 46.5 Å². The Morgan fingerprint density at radius 1 is 1.10 bits per heavy atom. The van der Waals surface area contributed by atoms with Gasteiger partial charge in [0.15, 0.2) is 5.65 Å². The predicted octanol–water partition coefficient (Wildman–Crippen LogP) is 3.54. The van der Waals surface area contributed by atoms with Gasteiger partial charge in [-0.25, -0.2) is 9.50 Å². The molecule has 20 heavy (non-hydrogen) atoms. The van der Waals surface area contributed by atoms with Gasteiger partial charge in [-0.1, -0.05) is 30.3 Å². The van der Waals surface area contributed by atoms with Gasteiger partial charge < -0.3 is 5.32 Å². The van der Waals surface area contributed by atoms with Crippen LogP contribution in [0.25, 0.3) is 5.65 Å². The molecule has 1 N–H and O–H groups in total. The molecular weight excluding hydrogens is 316 g/mol. The lowest BCUT2D eigenvalue weighted by Crippen LogP contribution is -2.06. The summed E-state index contributed by atoms with van der Waals surface area (Å²) < 4.78 is 2.64. The average Bonchev–Trinajstić information content (AvgIpc) is 2.86. The molecule has 2 aromatic heterocycles. The molecule has 1 aromatic carbocycles. The van der Waals surface area contributed by atoms with Crippen molar-refractivity contribution in [3.8, 4) is 0 Å². The number of hydrogen-bond acceptors (Lipinski definition) is 3. The Kier molecular flexibility index (Phi) is 3.97. The summed E-state index contributed by atoms with van der Waals surface area (Å²) in [7, 11) is 0. The van der Waals surface area contributed by atoms with Crippen LogP contribution < -0.4 is 5.32 Å². The van der Waals surface area contributed by atoms with Crippen molar-refractivity contribution in [2.24, 2.45) is 0 Å². The number of benzene rings is 1. The molecule has 0 saturated heterocycles. The number of imidazole rings is 1. The summed E-state index contributed by atoms with van der Waals surface area (Å²) in [6.07, 6.45) is 3.90. The highest BCUT2D eigenvalue weighted by Crippen LogP contribution is 2.13. The van der Waals surface area contributed by atoms with Gasteiger partial charge in [0, 0.05) is 6.54 Å². The molecule has 0 unspecified atom stereocenters. The van der Waals surface area contributed by atoms with Gasteiger partial charge in [-0.2, -0.15) is 0 Å². The second-order valence-corrected chi connectivity index (χ2v) is 5.40. The second-order valence-electron chi connectivity index (χ2n) is 4.59. The summed E-state index contributed by atoms with van der Waals surface area (Å²) in [4.78, 5) is 4.22. The summed E-state index contributed by atoms with van der Waals surface area (Å²) in [5.74, 6) is 0.865. The van der Waals surface area contributed by atoms with E-state index in [1.807, 2.05) is 18.2 Å². The third-order valence-electron chi connectivity index (χ3n) is 3.11. The smallest absolute Gasteiger partial charge is 0.154 e. The third kappa shape index (κ3) is 2.99. The van der Waals surface area contributed by atoms with E-state index in [0.717, 1.165) is 35.5 Å². The number of nitrogens with one attached hydrogen (secondary N) is 1. The largest absolute Gasteiger partial charge is 0.369 e. The van der Waals surface area contributed by atoms with E-state index >= 15 is 0 Å². The van der Waals surface area contributed by atoms with Crippen molar-refractivity contribution >= 4 is 27.4 Å². The number of fused-ring (bicyclic) bond motifs is 1. The molecule has 0 fully saturated rings. The van der Waals surface area contributed by atoms with Crippen LogP contribution in [0.2, 0.25) is 0 Å². The molecule has 0 radical (unpaired) electrons. The molecule has 0 spiro atoms. The quantitative estimate of drug-likeness (QED) is 0.727. The van der Waals surface area contributed by atoms with Crippen LogP contribution in [0.1, 0.15) is 12.0 Å². The minimum absolute atomic E-state index is 0.840. The first-order chi connectivity index (χ1) is 9.83. The fourth-order valence-corrected chi connectivity index (χ4v) is 2.46. The summed E-state index contributed by atoms with van der Waals surface area (Å²) in [5.41, 5.74) is 2.21. The topological polar surface area (TPSA) is 42.2 Å². The lowest BCUT2D eigenvalue weighted by atomic mass is 10.1. The fraction of sp³-hybridized carbons (Fsp3) is 0.200. The number of aromatic nitrogens is 3. The summed E-state index contributed by atoms with van der Waals surface area (Å²) in [6.45, 7) is 0.902. The Morgan fingerprint density at radius 3 is 2.80 bits per heavy atom.